The molecule has 8 rings (SSSR count). The number of nitrogens with one attached hydrogen (secondary N) is 1. The molecule has 2 aromatic heterocycles. The smallest absolute Gasteiger partial charge is 0.348 e. The maximum absolute atomic E-state index is 13.4. The standard InChI is InChI=1S/C28H23N3O5/c1-13-22(27(33)36-34-3)28(2)31-18-11-7-5-9-15(18)19-16-12-29-25(32)21(16)20-14-8-4-6-10-17(14)30(26(13)35-28)23(20)24(19)31/h4-11,13,22,26H,12H2,1-3H3,(H,29,32)/t13?,22-,26+,28-/m1/s1. The van der Waals surface area contributed by atoms with E-state index in [1.807, 2.05) is 38.1 Å². The first-order valence-corrected chi connectivity index (χ1v) is 12.2. The van der Waals surface area contributed by atoms with Crippen LogP contribution in [0.15, 0.2) is 48.5 Å². The van der Waals surface area contributed by atoms with E-state index in [-0.39, 0.29) is 11.8 Å². The Bertz CT molecular complexity index is 1830. The molecule has 3 aliphatic rings. The van der Waals surface area contributed by atoms with Crippen molar-refractivity contribution in [1.82, 2.24) is 14.5 Å². The number of carbonyl (C=O) groups excluding carboxylic acids is 2. The Morgan fingerprint density at radius 2 is 1.75 bits per heavy atom. The van der Waals surface area contributed by atoms with Crippen molar-refractivity contribution in [3.63, 3.8) is 0 Å². The summed E-state index contributed by atoms with van der Waals surface area (Å²) in [5.74, 6) is -1.38. The van der Waals surface area contributed by atoms with Crippen molar-refractivity contribution >= 4 is 55.5 Å². The first-order chi connectivity index (χ1) is 17.5. The highest BCUT2D eigenvalue weighted by Gasteiger charge is 2.59. The zero-order valence-electron chi connectivity index (χ0n) is 20.0. The summed E-state index contributed by atoms with van der Waals surface area (Å²) >= 11 is 0. The van der Waals surface area contributed by atoms with E-state index in [2.05, 4.69) is 38.7 Å². The van der Waals surface area contributed by atoms with E-state index in [1.54, 1.807) is 0 Å². The van der Waals surface area contributed by atoms with Crippen LogP contribution in [0.3, 0.4) is 0 Å². The summed E-state index contributed by atoms with van der Waals surface area (Å²) in [6, 6.07) is 16.3. The number of ether oxygens (including phenoxy) is 1. The largest absolute Gasteiger partial charge is 0.350 e. The first-order valence-electron chi connectivity index (χ1n) is 12.2. The number of benzene rings is 3. The number of nitrogens with zero attached hydrogens (tertiary/aromatic N) is 2. The van der Waals surface area contributed by atoms with Crippen molar-refractivity contribution in [3.8, 4) is 0 Å². The Kier molecular flexibility index (Phi) is 3.65. The maximum atomic E-state index is 13.4. The Labute approximate surface area is 205 Å². The normalized spacial score (nSPS) is 26.3. The molecule has 8 heteroatoms. The average Bonchev–Trinajstić information content (AvgIpc) is 3.56. The molecular weight excluding hydrogens is 458 g/mol. The molecule has 1 saturated heterocycles. The van der Waals surface area contributed by atoms with Gasteiger partial charge in [0.2, 0.25) is 0 Å². The van der Waals surface area contributed by atoms with Gasteiger partial charge in [0.1, 0.15) is 12.1 Å². The minimum absolute atomic E-state index is 0.0530. The summed E-state index contributed by atoms with van der Waals surface area (Å²) in [5.41, 5.74) is 4.55. The number of para-hydroxylation sites is 2. The van der Waals surface area contributed by atoms with Gasteiger partial charge in [-0.2, -0.15) is 4.89 Å². The van der Waals surface area contributed by atoms with Gasteiger partial charge < -0.3 is 19.2 Å². The fraction of sp³-hybridized carbons (Fsp3) is 0.286. The van der Waals surface area contributed by atoms with E-state index in [9.17, 15) is 9.59 Å². The van der Waals surface area contributed by atoms with Crippen molar-refractivity contribution in [1.29, 1.82) is 0 Å². The Morgan fingerprint density at radius 1 is 1.06 bits per heavy atom. The van der Waals surface area contributed by atoms with Crippen LogP contribution in [0.2, 0.25) is 0 Å². The zero-order valence-corrected chi connectivity index (χ0v) is 20.0. The molecule has 5 heterocycles. The van der Waals surface area contributed by atoms with Gasteiger partial charge in [0.25, 0.3) is 5.91 Å². The lowest BCUT2D eigenvalue weighted by Gasteiger charge is -2.32. The van der Waals surface area contributed by atoms with Crippen molar-refractivity contribution in [3.05, 3.63) is 59.7 Å². The van der Waals surface area contributed by atoms with Crippen LogP contribution < -0.4 is 5.32 Å². The molecule has 0 spiro atoms. The second-order valence-electron chi connectivity index (χ2n) is 10.2. The van der Waals surface area contributed by atoms with Gasteiger partial charge in [0.15, 0.2) is 5.72 Å². The molecular formula is C28H23N3O5. The van der Waals surface area contributed by atoms with E-state index in [0.29, 0.717) is 6.54 Å². The molecule has 1 amide bonds. The second-order valence-corrected chi connectivity index (χ2v) is 10.2. The third-order valence-corrected chi connectivity index (χ3v) is 8.55. The molecule has 5 aromatic rings. The fourth-order valence-electron chi connectivity index (χ4n) is 7.33. The number of hydrogen-bond donors (Lipinski definition) is 1. The number of fused-ring (bicyclic) bond motifs is 13. The second kappa shape index (κ2) is 6.46. The van der Waals surface area contributed by atoms with Gasteiger partial charge in [-0.3, -0.25) is 9.68 Å². The average molecular weight is 482 g/mol. The van der Waals surface area contributed by atoms with Crippen molar-refractivity contribution in [2.45, 2.75) is 32.3 Å². The van der Waals surface area contributed by atoms with E-state index >= 15 is 0 Å². The number of rotatable bonds is 2. The quantitative estimate of drug-likeness (QED) is 0.291. The Balaban J connectivity index is 1.69. The maximum Gasteiger partial charge on any atom is 0.350 e. The predicted octanol–water partition coefficient (Wildman–Crippen LogP) is 4.72. The SMILES string of the molecule is COOC(=O)[C@H]1C(C)[C@@H]2O[C@@]1(C)n1c3ccccc3c3c4c(c5c6ccccc6n2c5c31)C(=O)NC4. The third kappa shape index (κ3) is 2.07. The number of hydrogen-bond acceptors (Lipinski definition) is 5. The molecule has 8 nitrogen and oxygen atoms in total. The highest BCUT2D eigenvalue weighted by molar-refractivity contribution is 6.31. The monoisotopic (exact) mass is 481 g/mol. The van der Waals surface area contributed by atoms with Crippen LogP contribution in [0.25, 0.3) is 43.6 Å². The molecule has 4 atom stereocenters. The lowest BCUT2D eigenvalue weighted by molar-refractivity contribution is -0.265. The van der Waals surface area contributed by atoms with Gasteiger partial charge in [0.05, 0.1) is 34.7 Å². The topological polar surface area (TPSA) is 83.7 Å². The van der Waals surface area contributed by atoms with Crippen LogP contribution in [-0.4, -0.2) is 28.1 Å². The molecule has 1 N–H and O–H groups in total. The molecule has 0 aliphatic carbocycles. The summed E-state index contributed by atoms with van der Waals surface area (Å²) in [6.07, 6.45) is -0.448. The molecule has 180 valence electrons. The van der Waals surface area contributed by atoms with Gasteiger partial charge in [0, 0.05) is 34.0 Å². The van der Waals surface area contributed by atoms with Gasteiger partial charge in [-0.15, -0.1) is 0 Å². The van der Waals surface area contributed by atoms with E-state index in [1.165, 1.54) is 7.11 Å². The van der Waals surface area contributed by atoms with Gasteiger partial charge in [-0.05, 0) is 24.6 Å². The van der Waals surface area contributed by atoms with Gasteiger partial charge in [-0.25, -0.2) is 4.79 Å². The van der Waals surface area contributed by atoms with Crippen LogP contribution in [0, 0.1) is 11.8 Å². The van der Waals surface area contributed by atoms with Crippen LogP contribution in [0.1, 0.15) is 36.0 Å². The summed E-state index contributed by atoms with van der Waals surface area (Å²) < 4.78 is 11.3. The molecule has 0 saturated carbocycles. The predicted molar refractivity (Wildman–Crippen MR) is 133 cm³/mol. The Morgan fingerprint density at radius 3 is 2.50 bits per heavy atom. The lowest BCUT2D eigenvalue weighted by atomic mass is 9.86. The number of carbonyl (C=O) groups is 2. The zero-order chi connectivity index (χ0) is 24.5. The van der Waals surface area contributed by atoms with Crippen LogP contribution in [-0.2, 0) is 31.6 Å². The lowest BCUT2D eigenvalue weighted by Crippen LogP contribution is -2.42. The minimum Gasteiger partial charge on any atom is -0.348 e. The highest BCUT2D eigenvalue weighted by atomic mass is 17.2. The highest BCUT2D eigenvalue weighted by Crippen LogP contribution is 2.58. The minimum atomic E-state index is -1.04. The van der Waals surface area contributed by atoms with Crippen molar-refractivity contribution in [2.75, 3.05) is 7.11 Å². The molecule has 36 heavy (non-hydrogen) atoms. The molecule has 1 fully saturated rings. The molecule has 0 radical (unpaired) electrons. The van der Waals surface area contributed by atoms with Crippen molar-refractivity contribution < 1.29 is 24.1 Å². The summed E-state index contributed by atoms with van der Waals surface area (Å²) in [6.45, 7) is 4.45. The first kappa shape index (κ1) is 20.3. The van der Waals surface area contributed by atoms with Gasteiger partial charge >= 0.3 is 5.97 Å². The summed E-state index contributed by atoms with van der Waals surface area (Å²) in [4.78, 5) is 36.6. The van der Waals surface area contributed by atoms with E-state index < -0.39 is 23.8 Å². The van der Waals surface area contributed by atoms with Crippen molar-refractivity contribution in [2.24, 2.45) is 11.8 Å². The Hall–Kier alpha value is -3.88. The molecule has 3 aliphatic heterocycles. The van der Waals surface area contributed by atoms with Crippen LogP contribution in [0.5, 0.6) is 0 Å². The van der Waals surface area contributed by atoms with Crippen LogP contribution in [0.4, 0.5) is 0 Å². The number of aromatic nitrogens is 2. The van der Waals surface area contributed by atoms with Crippen LogP contribution >= 0.6 is 0 Å². The summed E-state index contributed by atoms with van der Waals surface area (Å²) in [7, 11) is 1.34. The third-order valence-electron chi connectivity index (χ3n) is 8.55. The fourth-order valence-corrected chi connectivity index (χ4v) is 7.33. The van der Waals surface area contributed by atoms with E-state index in [4.69, 9.17) is 14.5 Å². The van der Waals surface area contributed by atoms with Gasteiger partial charge in [-0.1, -0.05) is 43.3 Å². The van der Waals surface area contributed by atoms with E-state index in [0.717, 1.165) is 54.7 Å². The molecule has 1 unspecified atom stereocenters. The number of amides is 1. The molecule has 2 bridgehead atoms. The molecule has 3 aromatic carbocycles. The summed E-state index contributed by atoms with van der Waals surface area (Å²) in [5, 5.41) is 7.07.